The van der Waals surface area contributed by atoms with Crippen LogP contribution in [0.5, 0.6) is 0 Å². The Bertz CT molecular complexity index is 572. The van der Waals surface area contributed by atoms with Gasteiger partial charge in [-0.05, 0) is 30.7 Å². The zero-order valence-electron chi connectivity index (χ0n) is 10.8. The van der Waals surface area contributed by atoms with E-state index in [0.717, 1.165) is 4.90 Å². The number of sulfone groups is 1. The summed E-state index contributed by atoms with van der Waals surface area (Å²) in [5.41, 5.74) is 0. The highest BCUT2D eigenvalue weighted by Gasteiger charge is 2.28. The predicted octanol–water partition coefficient (Wildman–Crippen LogP) is 2.13. The Morgan fingerprint density at radius 1 is 1.35 bits per heavy atom. The maximum Gasteiger partial charge on any atom is 0.221 e. The van der Waals surface area contributed by atoms with Crippen LogP contribution < -0.4 is 5.32 Å². The molecule has 1 amide bonds. The van der Waals surface area contributed by atoms with Gasteiger partial charge in [0.25, 0.3) is 0 Å². The maximum atomic E-state index is 11.7. The minimum absolute atomic E-state index is 0.0725. The number of thioether (sulfide) groups is 1. The predicted molar refractivity (Wildman–Crippen MR) is 82.0 cm³/mol. The topological polar surface area (TPSA) is 63.2 Å². The molecule has 1 aromatic carbocycles. The van der Waals surface area contributed by atoms with Crippen molar-refractivity contribution in [2.75, 3.05) is 17.3 Å². The fourth-order valence-corrected chi connectivity index (χ4v) is 4.65. The number of halogens is 1. The van der Waals surface area contributed by atoms with Crippen LogP contribution in [0, 0.1) is 0 Å². The van der Waals surface area contributed by atoms with Crippen LogP contribution in [0.15, 0.2) is 29.2 Å². The van der Waals surface area contributed by atoms with Crippen molar-refractivity contribution in [3.05, 3.63) is 29.3 Å². The molecule has 1 N–H and O–H groups in total. The second kappa shape index (κ2) is 6.83. The number of benzene rings is 1. The largest absolute Gasteiger partial charge is 0.352 e. The van der Waals surface area contributed by atoms with E-state index >= 15 is 0 Å². The third-order valence-electron chi connectivity index (χ3n) is 3.01. The molecule has 1 atom stereocenters. The van der Waals surface area contributed by atoms with Gasteiger partial charge < -0.3 is 5.32 Å². The lowest BCUT2D eigenvalue weighted by Gasteiger charge is -2.10. The number of carbonyl (C=O) groups excluding carboxylic acids is 1. The number of hydrogen-bond acceptors (Lipinski definition) is 4. The first kappa shape index (κ1) is 15.7. The van der Waals surface area contributed by atoms with Crippen LogP contribution in [0.3, 0.4) is 0 Å². The minimum atomic E-state index is -2.94. The van der Waals surface area contributed by atoms with E-state index in [1.165, 1.54) is 0 Å². The smallest absolute Gasteiger partial charge is 0.221 e. The molecule has 0 saturated carbocycles. The van der Waals surface area contributed by atoms with Gasteiger partial charge in [0.15, 0.2) is 9.84 Å². The van der Waals surface area contributed by atoms with Gasteiger partial charge in [-0.25, -0.2) is 8.42 Å². The first-order valence-corrected chi connectivity index (χ1v) is 9.51. The van der Waals surface area contributed by atoms with Gasteiger partial charge in [0, 0.05) is 28.1 Å². The first-order valence-electron chi connectivity index (χ1n) is 6.33. The third kappa shape index (κ3) is 5.00. The van der Waals surface area contributed by atoms with Gasteiger partial charge in [-0.3, -0.25) is 4.79 Å². The molecule has 110 valence electrons. The minimum Gasteiger partial charge on any atom is -0.352 e. The van der Waals surface area contributed by atoms with E-state index in [-0.39, 0.29) is 23.5 Å². The van der Waals surface area contributed by atoms with Crippen LogP contribution in [0.25, 0.3) is 0 Å². The highest BCUT2D eigenvalue weighted by Crippen LogP contribution is 2.21. The van der Waals surface area contributed by atoms with E-state index in [1.54, 1.807) is 11.8 Å². The van der Waals surface area contributed by atoms with Crippen LogP contribution in [-0.4, -0.2) is 37.6 Å². The van der Waals surface area contributed by atoms with Gasteiger partial charge in [-0.1, -0.05) is 11.6 Å². The van der Waals surface area contributed by atoms with E-state index in [0.29, 0.717) is 23.6 Å². The van der Waals surface area contributed by atoms with Crippen molar-refractivity contribution in [3.63, 3.8) is 0 Å². The summed E-state index contributed by atoms with van der Waals surface area (Å²) < 4.78 is 22.6. The van der Waals surface area contributed by atoms with E-state index in [9.17, 15) is 13.2 Å². The van der Waals surface area contributed by atoms with Gasteiger partial charge >= 0.3 is 0 Å². The van der Waals surface area contributed by atoms with E-state index in [4.69, 9.17) is 11.6 Å². The second-order valence-corrected chi connectivity index (χ2v) is 8.55. The average molecular weight is 334 g/mol. The molecule has 7 heteroatoms. The molecular weight excluding hydrogens is 318 g/mol. The normalized spacial score (nSPS) is 20.8. The molecule has 0 spiro atoms. The van der Waals surface area contributed by atoms with Gasteiger partial charge in [-0.2, -0.15) is 0 Å². The lowest BCUT2D eigenvalue weighted by Crippen LogP contribution is -2.35. The van der Waals surface area contributed by atoms with Crippen LogP contribution in [0.4, 0.5) is 0 Å². The molecule has 2 rings (SSSR count). The van der Waals surface area contributed by atoms with Crippen molar-refractivity contribution in [2.24, 2.45) is 0 Å². The molecule has 0 aliphatic carbocycles. The first-order chi connectivity index (χ1) is 9.44. The lowest BCUT2D eigenvalue weighted by molar-refractivity contribution is -0.121. The summed E-state index contributed by atoms with van der Waals surface area (Å²) in [6.45, 7) is 0. The highest BCUT2D eigenvalue weighted by molar-refractivity contribution is 7.99. The molecule has 1 fully saturated rings. The molecule has 1 saturated heterocycles. The summed E-state index contributed by atoms with van der Waals surface area (Å²) in [5.74, 6) is 0.821. The highest BCUT2D eigenvalue weighted by atomic mass is 35.5. The van der Waals surface area contributed by atoms with E-state index in [2.05, 4.69) is 5.32 Å². The molecule has 4 nitrogen and oxygen atoms in total. The molecule has 1 heterocycles. The molecular formula is C13H16ClNO3S2. The van der Waals surface area contributed by atoms with Crippen LogP contribution in [0.2, 0.25) is 5.02 Å². The number of hydrogen-bond donors (Lipinski definition) is 1. The molecule has 20 heavy (non-hydrogen) atoms. The van der Waals surface area contributed by atoms with Crippen LogP contribution in [0.1, 0.15) is 12.8 Å². The molecule has 1 aliphatic heterocycles. The van der Waals surface area contributed by atoms with Crippen molar-refractivity contribution in [1.29, 1.82) is 0 Å². The van der Waals surface area contributed by atoms with Crippen molar-refractivity contribution in [2.45, 2.75) is 23.8 Å². The lowest BCUT2D eigenvalue weighted by atomic mass is 10.2. The summed E-state index contributed by atoms with van der Waals surface area (Å²) in [6, 6.07) is 7.23. The van der Waals surface area contributed by atoms with Gasteiger partial charge in [-0.15, -0.1) is 11.8 Å². The summed E-state index contributed by atoms with van der Waals surface area (Å²) in [7, 11) is -2.94. The molecule has 1 aliphatic rings. The number of carbonyl (C=O) groups is 1. The number of rotatable bonds is 5. The second-order valence-electron chi connectivity index (χ2n) is 4.72. The Morgan fingerprint density at radius 2 is 2.05 bits per heavy atom. The number of nitrogens with one attached hydrogen (secondary N) is 1. The Labute approximate surface area is 128 Å². The standard InChI is InChI=1S/C13H16ClNO3S2/c14-10-1-3-12(4-2-10)19-7-5-13(16)15-11-6-8-20(17,18)9-11/h1-4,11H,5-9H2,(H,15,16). The molecule has 0 radical (unpaired) electrons. The van der Waals surface area contributed by atoms with Crippen LogP contribution >= 0.6 is 23.4 Å². The summed E-state index contributed by atoms with van der Waals surface area (Å²) in [4.78, 5) is 12.8. The summed E-state index contributed by atoms with van der Waals surface area (Å²) >= 11 is 7.37. The zero-order valence-corrected chi connectivity index (χ0v) is 13.2. The van der Waals surface area contributed by atoms with Crippen LogP contribution in [-0.2, 0) is 14.6 Å². The molecule has 1 aromatic rings. The quantitative estimate of drug-likeness (QED) is 0.838. The van der Waals surface area contributed by atoms with Crippen molar-refractivity contribution in [1.82, 2.24) is 5.32 Å². The maximum absolute atomic E-state index is 11.7. The van der Waals surface area contributed by atoms with Gasteiger partial charge in [0.05, 0.1) is 11.5 Å². The monoisotopic (exact) mass is 333 g/mol. The third-order valence-corrected chi connectivity index (χ3v) is 6.04. The number of amides is 1. The summed E-state index contributed by atoms with van der Waals surface area (Å²) in [5, 5.41) is 3.47. The van der Waals surface area contributed by atoms with Crippen molar-refractivity contribution in [3.8, 4) is 0 Å². The van der Waals surface area contributed by atoms with Gasteiger partial charge in [0.2, 0.25) is 5.91 Å². The van der Waals surface area contributed by atoms with Crippen molar-refractivity contribution < 1.29 is 13.2 Å². The Morgan fingerprint density at radius 3 is 2.65 bits per heavy atom. The SMILES string of the molecule is O=C(CCSc1ccc(Cl)cc1)NC1CCS(=O)(=O)C1. The molecule has 1 unspecified atom stereocenters. The Kier molecular flexibility index (Phi) is 5.35. The zero-order chi connectivity index (χ0) is 14.6. The fourth-order valence-electron chi connectivity index (χ4n) is 2.00. The van der Waals surface area contributed by atoms with E-state index < -0.39 is 9.84 Å². The Hall–Kier alpha value is -0.720. The Balaban J connectivity index is 1.69. The van der Waals surface area contributed by atoms with E-state index in [1.807, 2.05) is 24.3 Å². The fraction of sp³-hybridized carbons (Fsp3) is 0.462. The van der Waals surface area contributed by atoms with Crippen molar-refractivity contribution >= 4 is 39.1 Å². The molecule has 0 aromatic heterocycles. The van der Waals surface area contributed by atoms with Gasteiger partial charge in [0.1, 0.15) is 0 Å². The average Bonchev–Trinajstić information content (AvgIpc) is 2.71. The summed E-state index contributed by atoms with van der Waals surface area (Å²) in [6.07, 6.45) is 0.905. The molecule has 0 bridgehead atoms.